The first kappa shape index (κ1) is 15.7. The van der Waals surface area contributed by atoms with Gasteiger partial charge < -0.3 is 14.6 Å². The number of aliphatic imine (C=N–C) groups is 2. The zero-order chi connectivity index (χ0) is 17.6. The molecule has 1 unspecified atom stereocenters. The summed E-state index contributed by atoms with van der Waals surface area (Å²) in [5.74, 6) is 1.28. The summed E-state index contributed by atoms with van der Waals surface area (Å²) in [6.45, 7) is 3.12. The Hall–Kier alpha value is -2.78. The second-order valence-electron chi connectivity index (χ2n) is 5.63. The summed E-state index contributed by atoms with van der Waals surface area (Å²) in [5.41, 5.74) is 1.61. The number of furan rings is 1. The van der Waals surface area contributed by atoms with Crippen LogP contribution in [0.5, 0.6) is 0 Å². The molecular formula is C16H15N5O3S. The maximum absolute atomic E-state index is 12.8. The van der Waals surface area contributed by atoms with E-state index in [-0.39, 0.29) is 5.91 Å². The Bertz CT molecular complexity index is 945. The second kappa shape index (κ2) is 5.94. The molecule has 2 aromatic rings. The van der Waals surface area contributed by atoms with Gasteiger partial charge in [0.05, 0.1) is 22.6 Å². The van der Waals surface area contributed by atoms with E-state index in [1.165, 1.54) is 0 Å². The number of nitrogens with one attached hydrogen (secondary N) is 1. The highest BCUT2D eigenvalue weighted by Crippen LogP contribution is 2.34. The zero-order valence-corrected chi connectivity index (χ0v) is 14.2. The van der Waals surface area contributed by atoms with Crippen molar-refractivity contribution in [1.29, 1.82) is 0 Å². The number of hydrogen-bond acceptors (Lipinski definition) is 6. The molecule has 0 spiro atoms. The molecule has 128 valence electrons. The van der Waals surface area contributed by atoms with Crippen LogP contribution in [0.2, 0.25) is 0 Å². The predicted octanol–water partition coefficient (Wildman–Crippen LogP) is 1.56. The third-order valence-electron chi connectivity index (χ3n) is 4.05. The molecule has 3 N–H and O–H groups in total. The number of nitrogens with two attached hydrogens (primary N) is 1. The molecule has 0 fully saturated rings. The van der Waals surface area contributed by atoms with Crippen LogP contribution in [0.4, 0.5) is 11.6 Å². The average molecular weight is 357 g/mol. The molecule has 2 aliphatic heterocycles. The lowest BCUT2D eigenvalue weighted by molar-refractivity contribution is 0.102. The smallest absolute Gasteiger partial charge is 0.260 e. The van der Waals surface area contributed by atoms with Crippen LogP contribution in [0.25, 0.3) is 0 Å². The highest BCUT2D eigenvalue weighted by molar-refractivity contribution is 7.82. The second-order valence-corrected chi connectivity index (χ2v) is 6.70. The maximum Gasteiger partial charge on any atom is 0.260 e. The molecular weight excluding hydrogens is 342 g/mol. The Balaban J connectivity index is 1.66. The van der Waals surface area contributed by atoms with Crippen molar-refractivity contribution < 1.29 is 13.4 Å². The number of amidine groups is 1. The van der Waals surface area contributed by atoms with E-state index >= 15 is 0 Å². The number of aryl methyl sites for hydroxylation is 1. The fourth-order valence-electron chi connectivity index (χ4n) is 2.89. The van der Waals surface area contributed by atoms with Gasteiger partial charge >= 0.3 is 0 Å². The minimum Gasteiger partial charge on any atom is -0.442 e. The van der Waals surface area contributed by atoms with E-state index in [0.717, 1.165) is 6.54 Å². The summed E-state index contributed by atoms with van der Waals surface area (Å²) in [6.07, 6.45) is 1.67. The van der Waals surface area contributed by atoms with E-state index in [9.17, 15) is 9.00 Å². The van der Waals surface area contributed by atoms with Gasteiger partial charge in [-0.3, -0.25) is 9.79 Å². The van der Waals surface area contributed by atoms with Crippen LogP contribution in [0, 0.1) is 6.92 Å². The van der Waals surface area contributed by atoms with Gasteiger partial charge in [0.2, 0.25) is 5.88 Å². The molecule has 4 rings (SSSR count). The highest BCUT2D eigenvalue weighted by Gasteiger charge is 2.33. The van der Waals surface area contributed by atoms with Crippen LogP contribution in [-0.4, -0.2) is 40.3 Å². The quantitative estimate of drug-likeness (QED) is 0.867. The normalized spacial score (nSPS) is 16.2. The Kier molecular flexibility index (Phi) is 3.74. The molecule has 0 aliphatic carbocycles. The minimum absolute atomic E-state index is 0.309. The van der Waals surface area contributed by atoms with Crippen molar-refractivity contribution in [3.63, 3.8) is 0 Å². The number of anilines is 1. The van der Waals surface area contributed by atoms with Gasteiger partial charge in [0, 0.05) is 12.2 Å². The lowest BCUT2D eigenvalue weighted by Gasteiger charge is -2.18. The fraction of sp³-hybridized carbons (Fsp3) is 0.188. The first-order chi connectivity index (χ1) is 12.0. The maximum atomic E-state index is 12.8. The number of fused-ring (bicyclic) bond motifs is 3. The van der Waals surface area contributed by atoms with E-state index in [2.05, 4.69) is 15.3 Å². The summed E-state index contributed by atoms with van der Waals surface area (Å²) in [5, 5.41) is 8.15. The Morgan fingerprint density at radius 1 is 1.36 bits per heavy atom. The van der Waals surface area contributed by atoms with Crippen LogP contribution < -0.4 is 10.5 Å². The number of hydrogen-bond donors (Lipinski definition) is 2. The van der Waals surface area contributed by atoms with Crippen molar-refractivity contribution in [3.8, 4) is 0 Å². The summed E-state index contributed by atoms with van der Waals surface area (Å²) in [4.78, 5) is 23.9. The van der Waals surface area contributed by atoms with Crippen molar-refractivity contribution in [2.45, 2.75) is 11.8 Å². The molecule has 0 bridgehead atoms. The number of nitrogens with zero attached hydrogens (tertiary/aromatic N) is 3. The van der Waals surface area contributed by atoms with Gasteiger partial charge in [-0.2, -0.15) is 0 Å². The SMILES string of the molecule is Cc1oc2c(c1C(=O)Nc1ccc(S(N)=O)cc1)C1=NCCN1C=N2. The predicted molar refractivity (Wildman–Crippen MR) is 94.7 cm³/mol. The van der Waals surface area contributed by atoms with Crippen molar-refractivity contribution in [1.82, 2.24) is 4.90 Å². The molecule has 2 aliphatic rings. The fourth-order valence-corrected chi connectivity index (χ4v) is 3.29. The number of benzene rings is 1. The largest absolute Gasteiger partial charge is 0.442 e. The minimum atomic E-state index is -1.55. The molecule has 9 heteroatoms. The Morgan fingerprint density at radius 2 is 2.12 bits per heavy atom. The monoisotopic (exact) mass is 357 g/mol. The van der Waals surface area contributed by atoms with Crippen LogP contribution in [0.3, 0.4) is 0 Å². The standard InChI is InChI=1S/C16H15N5O3S/c1-9-12(13-14-18-6-7-21(14)8-19-16(13)24-9)15(22)20-10-2-4-11(5-3-10)25(17)23/h2-5,8H,6-7,17H2,1H3,(H,20,22). The van der Waals surface area contributed by atoms with Crippen molar-refractivity contribution in [3.05, 3.63) is 41.2 Å². The average Bonchev–Trinajstić information content (AvgIpc) is 3.17. The van der Waals surface area contributed by atoms with E-state index in [1.54, 1.807) is 37.5 Å². The third kappa shape index (κ3) is 2.67. The van der Waals surface area contributed by atoms with Gasteiger partial charge in [-0.15, -0.1) is 0 Å². The number of carbonyl (C=O) groups is 1. The lowest BCUT2D eigenvalue weighted by atomic mass is 10.1. The summed E-state index contributed by atoms with van der Waals surface area (Å²) >= 11 is 0. The molecule has 1 aromatic carbocycles. The van der Waals surface area contributed by atoms with Crippen LogP contribution in [0.15, 0.2) is 43.6 Å². The van der Waals surface area contributed by atoms with Gasteiger partial charge in [-0.25, -0.2) is 14.3 Å². The Labute approximate surface area is 146 Å². The zero-order valence-electron chi connectivity index (χ0n) is 13.4. The van der Waals surface area contributed by atoms with Crippen LogP contribution in [-0.2, 0) is 11.0 Å². The molecule has 3 heterocycles. The van der Waals surface area contributed by atoms with Crippen molar-refractivity contribution in [2.24, 2.45) is 15.1 Å². The number of rotatable bonds is 3. The van der Waals surface area contributed by atoms with E-state index in [1.807, 2.05) is 4.90 Å². The van der Waals surface area contributed by atoms with Crippen LogP contribution >= 0.6 is 0 Å². The highest BCUT2D eigenvalue weighted by atomic mass is 32.2. The molecule has 1 aromatic heterocycles. The first-order valence-electron chi connectivity index (χ1n) is 7.61. The van der Waals surface area contributed by atoms with Crippen molar-refractivity contribution >= 4 is 40.6 Å². The van der Waals surface area contributed by atoms with Gasteiger partial charge in [0.25, 0.3) is 5.91 Å². The topological polar surface area (TPSA) is 113 Å². The Morgan fingerprint density at radius 3 is 2.84 bits per heavy atom. The number of carbonyl (C=O) groups excluding carboxylic acids is 1. The van der Waals surface area contributed by atoms with E-state index in [0.29, 0.717) is 45.7 Å². The van der Waals surface area contributed by atoms with E-state index in [4.69, 9.17) is 9.56 Å². The molecule has 0 saturated carbocycles. The lowest BCUT2D eigenvalue weighted by Crippen LogP contribution is -2.30. The third-order valence-corrected chi connectivity index (χ3v) is 4.79. The number of amides is 1. The summed E-state index contributed by atoms with van der Waals surface area (Å²) in [6, 6.07) is 6.52. The van der Waals surface area contributed by atoms with Crippen molar-refractivity contribution in [2.75, 3.05) is 18.4 Å². The van der Waals surface area contributed by atoms with Crippen LogP contribution in [0.1, 0.15) is 21.7 Å². The van der Waals surface area contributed by atoms with E-state index < -0.39 is 11.0 Å². The van der Waals surface area contributed by atoms with Gasteiger partial charge in [-0.1, -0.05) is 0 Å². The molecule has 0 saturated heterocycles. The van der Waals surface area contributed by atoms with Gasteiger partial charge in [-0.05, 0) is 31.2 Å². The molecule has 25 heavy (non-hydrogen) atoms. The molecule has 1 atom stereocenters. The van der Waals surface area contributed by atoms with Gasteiger partial charge in [0.15, 0.2) is 0 Å². The first-order valence-corrected chi connectivity index (χ1v) is 8.82. The molecule has 8 nitrogen and oxygen atoms in total. The van der Waals surface area contributed by atoms with Gasteiger partial charge in [0.1, 0.15) is 28.9 Å². The molecule has 0 radical (unpaired) electrons. The molecule has 1 amide bonds. The summed E-state index contributed by atoms with van der Waals surface area (Å²) < 4.78 is 16.9. The summed E-state index contributed by atoms with van der Waals surface area (Å²) in [7, 11) is -1.55.